The van der Waals surface area contributed by atoms with E-state index < -0.39 is 0 Å². The van der Waals surface area contributed by atoms with E-state index in [4.69, 9.17) is 11.6 Å². The van der Waals surface area contributed by atoms with Crippen molar-refractivity contribution in [3.05, 3.63) is 69.4 Å². The predicted octanol–water partition coefficient (Wildman–Crippen LogP) is 4.87. The van der Waals surface area contributed by atoms with E-state index in [1.54, 1.807) is 12.4 Å². The summed E-state index contributed by atoms with van der Waals surface area (Å²) in [6.07, 6.45) is 5.99. The van der Waals surface area contributed by atoms with Crippen molar-refractivity contribution in [2.75, 3.05) is 26.2 Å². The van der Waals surface area contributed by atoms with Crippen LogP contribution in [0.3, 0.4) is 0 Å². The summed E-state index contributed by atoms with van der Waals surface area (Å²) in [5.41, 5.74) is 3.28. The Kier molecular flexibility index (Phi) is 7.96. The third-order valence-corrected chi connectivity index (χ3v) is 8.19. The lowest BCUT2D eigenvalue weighted by molar-refractivity contribution is 0.0945. The van der Waals surface area contributed by atoms with Gasteiger partial charge in [0.15, 0.2) is 11.0 Å². The minimum atomic E-state index is -0.127. The fraction of sp³-hybridized carbons (Fsp3) is 0.320. The van der Waals surface area contributed by atoms with E-state index in [0.29, 0.717) is 34.0 Å². The van der Waals surface area contributed by atoms with Crippen LogP contribution in [0, 0.1) is 6.92 Å². The summed E-state index contributed by atoms with van der Waals surface area (Å²) in [6.45, 7) is 5.80. The SMILES string of the molecule is Cc1ccc(Cl)cc1-n1c(SCc2nc(C(=O)NCCN3CCCC3)cs2)nnc1-c1cccnc1. The van der Waals surface area contributed by atoms with E-state index in [1.807, 2.05) is 47.2 Å². The summed E-state index contributed by atoms with van der Waals surface area (Å²) in [5, 5.41) is 15.9. The van der Waals surface area contributed by atoms with Gasteiger partial charge in [-0.15, -0.1) is 21.5 Å². The Hall–Kier alpha value is -2.79. The van der Waals surface area contributed by atoms with Crippen LogP contribution in [0.2, 0.25) is 5.02 Å². The molecule has 1 aliphatic heterocycles. The van der Waals surface area contributed by atoms with Gasteiger partial charge in [-0.25, -0.2) is 4.98 Å². The van der Waals surface area contributed by atoms with E-state index in [2.05, 4.69) is 30.4 Å². The topological polar surface area (TPSA) is 88.8 Å². The standard InChI is InChI=1S/C25H26ClN7OS2/c1-17-6-7-19(26)13-21(17)33-23(18-5-4-8-27-14-18)30-31-25(33)36-16-22-29-20(15-35-22)24(34)28-9-12-32-10-2-3-11-32/h4-8,13-15H,2-3,9-12,16H2,1H3,(H,28,34). The molecule has 0 aliphatic carbocycles. The van der Waals surface area contributed by atoms with Gasteiger partial charge in [0.1, 0.15) is 10.7 Å². The Morgan fingerprint density at radius 1 is 1.22 bits per heavy atom. The van der Waals surface area contributed by atoms with E-state index in [1.165, 1.54) is 35.9 Å². The van der Waals surface area contributed by atoms with Crippen LogP contribution < -0.4 is 5.32 Å². The molecule has 0 spiro atoms. The second-order valence-corrected chi connectivity index (χ2v) is 10.9. The number of nitrogens with one attached hydrogen (secondary N) is 1. The molecule has 1 fully saturated rings. The molecular formula is C25H26ClN7OS2. The summed E-state index contributed by atoms with van der Waals surface area (Å²) >= 11 is 9.34. The van der Waals surface area contributed by atoms with Gasteiger partial charge >= 0.3 is 0 Å². The first-order chi connectivity index (χ1) is 17.6. The van der Waals surface area contributed by atoms with Crippen molar-refractivity contribution in [3.8, 4) is 17.1 Å². The Bertz CT molecular complexity index is 1340. The number of carbonyl (C=O) groups is 1. The van der Waals surface area contributed by atoms with Crippen molar-refractivity contribution in [2.45, 2.75) is 30.7 Å². The number of rotatable bonds is 9. The summed E-state index contributed by atoms with van der Waals surface area (Å²) in [6, 6.07) is 9.60. The molecule has 1 N–H and O–H groups in total. The number of hydrogen-bond donors (Lipinski definition) is 1. The molecule has 1 saturated heterocycles. The number of nitrogens with zero attached hydrogens (tertiary/aromatic N) is 6. The Balaban J connectivity index is 1.31. The van der Waals surface area contributed by atoms with Crippen LogP contribution in [0.5, 0.6) is 0 Å². The van der Waals surface area contributed by atoms with E-state index in [-0.39, 0.29) is 5.91 Å². The molecule has 4 heterocycles. The van der Waals surface area contributed by atoms with Crippen LogP contribution in [0.15, 0.2) is 53.3 Å². The molecule has 0 saturated carbocycles. The predicted molar refractivity (Wildman–Crippen MR) is 144 cm³/mol. The zero-order chi connectivity index (χ0) is 24.9. The number of carbonyl (C=O) groups excluding carboxylic acids is 1. The number of halogens is 1. The lowest BCUT2D eigenvalue weighted by atomic mass is 10.2. The fourth-order valence-electron chi connectivity index (χ4n) is 4.12. The normalized spacial score (nSPS) is 13.8. The fourth-order valence-corrected chi connectivity index (χ4v) is 6.02. The summed E-state index contributed by atoms with van der Waals surface area (Å²) in [5.74, 6) is 1.13. The second kappa shape index (κ2) is 11.5. The Morgan fingerprint density at radius 3 is 2.89 bits per heavy atom. The molecule has 3 aromatic heterocycles. The number of thioether (sulfide) groups is 1. The van der Waals surface area contributed by atoms with Gasteiger partial charge in [0, 0.05) is 41.4 Å². The maximum atomic E-state index is 12.5. The third kappa shape index (κ3) is 5.78. The monoisotopic (exact) mass is 539 g/mol. The van der Waals surface area contributed by atoms with E-state index in [9.17, 15) is 4.79 Å². The maximum Gasteiger partial charge on any atom is 0.270 e. The molecule has 0 unspecified atom stereocenters. The van der Waals surface area contributed by atoms with Crippen molar-refractivity contribution in [1.82, 2.24) is 34.9 Å². The van der Waals surface area contributed by atoms with Crippen LogP contribution in [-0.2, 0) is 5.75 Å². The molecule has 36 heavy (non-hydrogen) atoms. The minimum absolute atomic E-state index is 0.127. The van der Waals surface area contributed by atoms with Crippen LogP contribution in [0.4, 0.5) is 0 Å². The van der Waals surface area contributed by atoms with Crippen LogP contribution in [0.25, 0.3) is 17.1 Å². The van der Waals surface area contributed by atoms with Crippen molar-refractivity contribution in [1.29, 1.82) is 0 Å². The summed E-state index contributed by atoms with van der Waals surface area (Å²) < 4.78 is 2.00. The average molecular weight is 540 g/mol. The van der Waals surface area contributed by atoms with Gasteiger partial charge in [-0.2, -0.15) is 0 Å². The van der Waals surface area contributed by atoms with Gasteiger partial charge in [-0.3, -0.25) is 14.3 Å². The molecule has 4 aromatic rings. The molecule has 1 aromatic carbocycles. The molecule has 0 atom stereocenters. The van der Waals surface area contributed by atoms with Gasteiger partial charge in [0.25, 0.3) is 5.91 Å². The second-order valence-electron chi connectivity index (χ2n) is 8.53. The zero-order valence-corrected chi connectivity index (χ0v) is 22.2. The molecular weight excluding hydrogens is 514 g/mol. The summed E-state index contributed by atoms with van der Waals surface area (Å²) in [4.78, 5) is 23.7. The number of likely N-dealkylation sites (tertiary alicyclic amines) is 1. The van der Waals surface area contributed by atoms with Crippen LogP contribution in [-0.4, -0.2) is 61.7 Å². The third-order valence-electron chi connectivity index (χ3n) is 5.99. The first kappa shape index (κ1) is 24.9. The molecule has 0 bridgehead atoms. The highest BCUT2D eigenvalue weighted by atomic mass is 35.5. The van der Waals surface area contributed by atoms with E-state index >= 15 is 0 Å². The highest BCUT2D eigenvalue weighted by Crippen LogP contribution is 2.32. The number of hydrogen-bond acceptors (Lipinski definition) is 8. The van der Waals surface area contributed by atoms with Crippen molar-refractivity contribution in [2.24, 2.45) is 0 Å². The number of thiazole rings is 1. The molecule has 8 nitrogen and oxygen atoms in total. The molecule has 5 rings (SSSR count). The lowest BCUT2D eigenvalue weighted by Crippen LogP contribution is -2.33. The van der Waals surface area contributed by atoms with Crippen molar-refractivity contribution >= 4 is 40.6 Å². The highest BCUT2D eigenvalue weighted by molar-refractivity contribution is 7.98. The zero-order valence-electron chi connectivity index (χ0n) is 19.9. The van der Waals surface area contributed by atoms with Gasteiger partial charge < -0.3 is 10.2 Å². The number of benzene rings is 1. The number of pyridine rings is 1. The molecule has 11 heteroatoms. The highest BCUT2D eigenvalue weighted by Gasteiger charge is 2.19. The first-order valence-electron chi connectivity index (χ1n) is 11.8. The van der Waals surface area contributed by atoms with Gasteiger partial charge in [-0.1, -0.05) is 29.4 Å². The Morgan fingerprint density at radius 2 is 2.08 bits per heavy atom. The minimum Gasteiger partial charge on any atom is -0.349 e. The van der Waals surface area contributed by atoms with Gasteiger partial charge in [-0.05, 0) is 62.7 Å². The summed E-state index contributed by atoms with van der Waals surface area (Å²) in [7, 11) is 0. The lowest BCUT2D eigenvalue weighted by Gasteiger charge is -2.14. The van der Waals surface area contributed by atoms with Crippen LogP contribution >= 0.6 is 34.7 Å². The first-order valence-corrected chi connectivity index (χ1v) is 14.0. The van der Waals surface area contributed by atoms with Crippen molar-refractivity contribution in [3.63, 3.8) is 0 Å². The molecule has 0 radical (unpaired) electrons. The van der Waals surface area contributed by atoms with Crippen LogP contribution in [0.1, 0.15) is 33.9 Å². The quantitative estimate of drug-likeness (QED) is 0.304. The number of amides is 1. The average Bonchev–Trinajstić information content (AvgIpc) is 3.66. The van der Waals surface area contributed by atoms with Gasteiger partial charge in [0.05, 0.1) is 11.4 Å². The molecule has 1 aliphatic rings. The van der Waals surface area contributed by atoms with Gasteiger partial charge in [0.2, 0.25) is 0 Å². The maximum absolute atomic E-state index is 12.5. The largest absolute Gasteiger partial charge is 0.349 e. The Labute approximate surface area is 223 Å². The number of aryl methyl sites for hydroxylation is 1. The van der Waals surface area contributed by atoms with Crippen molar-refractivity contribution < 1.29 is 4.79 Å². The molecule has 1 amide bonds. The van der Waals surface area contributed by atoms with E-state index in [0.717, 1.165) is 41.5 Å². The molecule has 186 valence electrons. The smallest absolute Gasteiger partial charge is 0.270 e. The number of aromatic nitrogens is 5.